The molecule has 3 aromatic carbocycles. The van der Waals surface area contributed by atoms with Gasteiger partial charge in [-0.1, -0.05) is 75.0 Å². The van der Waals surface area contributed by atoms with Crippen molar-refractivity contribution in [1.29, 1.82) is 0 Å². The fraction of sp³-hybridized carbons (Fsp3) is 0.400. The molecular weight excluding hydrogens is 592 g/mol. The van der Waals surface area contributed by atoms with Crippen LogP contribution in [-0.4, -0.2) is 55.2 Å². The highest BCUT2D eigenvalue weighted by Gasteiger charge is 2.18. The number of hydrogen-bond donors (Lipinski definition) is 2. The van der Waals surface area contributed by atoms with Crippen LogP contribution in [0.15, 0.2) is 85.0 Å². The lowest BCUT2D eigenvalue weighted by atomic mass is 9.89. The molecule has 0 amide bonds. The van der Waals surface area contributed by atoms with Crippen LogP contribution in [0, 0.1) is 5.92 Å². The summed E-state index contributed by atoms with van der Waals surface area (Å²) in [6, 6.07) is 21.3. The van der Waals surface area contributed by atoms with Crippen LogP contribution in [0.3, 0.4) is 0 Å². The number of carbonyl (C=O) groups is 2. The van der Waals surface area contributed by atoms with E-state index < -0.39 is 11.9 Å². The summed E-state index contributed by atoms with van der Waals surface area (Å²) in [6.45, 7) is 13.3. The molecule has 0 aliphatic carbocycles. The van der Waals surface area contributed by atoms with Crippen molar-refractivity contribution in [3.05, 3.63) is 102 Å². The van der Waals surface area contributed by atoms with Crippen molar-refractivity contribution in [3.63, 3.8) is 0 Å². The number of aliphatic hydroxyl groups excluding tert-OH is 2. The maximum absolute atomic E-state index is 12.0. The minimum Gasteiger partial charge on any atom is -0.493 e. The Morgan fingerprint density at radius 1 is 0.702 bits per heavy atom. The van der Waals surface area contributed by atoms with E-state index in [4.69, 9.17) is 14.2 Å². The molecule has 3 aromatic rings. The zero-order valence-electron chi connectivity index (χ0n) is 28.2. The van der Waals surface area contributed by atoms with E-state index in [0.717, 1.165) is 40.8 Å². The lowest BCUT2D eigenvalue weighted by Crippen LogP contribution is -2.16. The summed E-state index contributed by atoms with van der Waals surface area (Å²) in [4.78, 5) is 24.0. The number of benzene rings is 3. The molecule has 0 spiro atoms. The number of aliphatic hydroxyl groups is 2. The Kier molecular flexibility index (Phi) is 15.4. The highest BCUT2D eigenvalue weighted by molar-refractivity contribution is 5.87. The topological polar surface area (TPSA) is 102 Å². The first-order valence-corrected chi connectivity index (χ1v) is 16.5. The number of carbonyl (C=O) groups excluding carboxylic acids is 2. The molecule has 47 heavy (non-hydrogen) atoms. The van der Waals surface area contributed by atoms with E-state index in [2.05, 4.69) is 62.5 Å². The normalized spacial score (nSPS) is 10.9. The van der Waals surface area contributed by atoms with Gasteiger partial charge in [0, 0.05) is 30.3 Å². The summed E-state index contributed by atoms with van der Waals surface area (Å²) < 4.78 is 17.2. The van der Waals surface area contributed by atoms with Crippen LogP contribution in [-0.2, 0) is 38.3 Å². The maximum atomic E-state index is 12.0. The average molecular weight is 643 g/mol. The van der Waals surface area contributed by atoms with E-state index in [1.54, 1.807) is 13.8 Å². The molecule has 7 heteroatoms. The van der Waals surface area contributed by atoms with Crippen LogP contribution in [0.5, 0.6) is 5.75 Å². The fourth-order valence-electron chi connectivity index (χ4n) is 5.30. The molecular formula is C40H50O7. The quantitative estimate of drug-likeness (QED) is 0.0750. The van der Waals surface area contributed by atoms with Gasteiger partial charge < -0.3 is 24.4 Å². The summed E-state index contributed by atoms with van der Waals surface area (Å²) in [5, 5.41) is 19.2. The molecule has 0 unspecified atom stereocenters. The van der Waals surface area contributed by atoms with Gasteiger partial charge in [-0.05, 0) is 103 Å². The van der Waals surface area contributed by atoms with Crippen molar-refractivity contribution in [1.82, 2.24) is 0 Å². The number of aryl methyl sites for hydroxylation is 3. The van der Waals surface area contributed by atoms with Crippen LogP contribution < -0.4 is 4.74 Å². The molecule has 252 valence electrons. The van der Waals surface area contributed by atoms with Gasteiger partial charge in [-0.2, -0.15) is 0 Å². The van der Waals surface area contributed by atoms with Crippen molar-refractivity contribution in [2.45, 2.75) is 65.7 Å². The van der Waals surface area contributed by atoms with Gasteiger partial charge in [0.15, 0.2) is 0 Å². The van der Waals surface area contributed by atoms with Crippen LogP contribution in [0.1, 0.15) is 63.1 Å². The molecule has 0 saturated heterocycles. The van der Waals surface area contributed by atoms with Gasteiger partial charge in [0.1, 0.15) is 5.75 Å². The van der Waals surface area contributed by atoms with Crippen LogP contribution >= 0.6 is 0 Å². The zero-order valence-corrected chi connectivity index (χ0v) is 28.2. The Hall–Kier alpha value is -4.20. The lowest BCUT2D eigenvalue weighted by molar-refractivity contribution is -0.139. The third-order valence-electron chi connectivity index (χ3n) is 7.92. The highest BCUT2D eigenvalue weighted by Crippen LogP contribution is 2.36. The monoisotopic (exact) mass is 642 g/mol. The van der Waals surface area contributed by atoms with Gasteiger partial charge in [0.05, 0.1) is 19.8 Å². The number of rotatable bonds is 20. The Morgan fingerprint density at radius 2 is 1.26 bits per heavy atom. The van der Waals surface area contributed by atoms with Gasteiger partial charge in [-0.25, -0.2) is 9.59 Å². The van der Waals surface area contributed by atoms with Crippen molar-refractivity contribution in [2.75, 3.05) is 33.0 Å². The minimum atomic E-state index is -0.415. The molecule has 0 bridgehead atoms. The molecule has 7 nitrogen and oxygen atoms in total. The first-order chi connectivity index (χ1) is 22.7. The summed E-state index contributed by atoms with van der Waals surface area (Å²) in [7, 11) is 0. The molecule has 0 saturated carbocycles. The summed E-state index contributed by atoms with van der Waals surface area (Å²) >= 11 is 0. The van der Waals surface area contributed by atoms with Crippen LogP contribution in [0.4, 0.5) is 0 Å². The lowest BCUT2D eigenvalue weighted by Gasteiger charge is -2.21. The Morgan fingerprint density at radius 3 is 1.77 bits per heavy atom. The molecule has 0 aromatic heterocycles. The van der Waals surface area contributed by atoms with Gasteiger partial charge in [0.25, 0.3) is 0 Å². The van der Waals surface area contributed by atoms with Crippen LogP contribution in [0.25, 0.3) is 22.3 Å². The molecule has 0 fully saturated rings. The summed E-state index contributed by atoms with van der Waals surface area (Å²) in [6.07, 6.45) is 4.75. The molecule has 0 atom stereocenters. The van der Waals surface area contributed by atoms with Crippen molar-refractivity contribution >= 4 is 11.9 Å². The number of hydrogen-bond acceptors (Lipinski definition) is 7. The van der Waals surface area contributed by atoms with E-state index >= 15 is 0 Å². The Labute approximate surface area is 279 Å². The van der Waals surface area contributed by atoms with Gasteiger partial charge in [-0.3, -0.25) is 0 Å². The first-order valence-electron chi connectivity index (χ1n) is 16.5. The molecule has 0 radical (unpaired) electrons. The third-order valence-corrected chi connectivity index (χ3v) is 7.92. The van der Waals surface area contributed by atoms with E-state index in [0.29, 0.717) is 49.9 Å². The molecule has 0 heterocycles. The van der Waals surface area contributed by atoms with Gasteiger partial charge in [-0.15, -0.1) is 0 Å². The smallest absolute Gasteiger partial charge is 0.333 e. The van der Waals surface area contributed by atoms with Crippen molar-refractivity contribution < 1.29 is 34.0 Å². The SMILES string of the molecule is C=C(C)C(=O)OCCCc1cc(-c2ccc(-c3ccccc3)cc2CCC)cc(CCCOC(=O)C(=C)C)c1OCCC(CO)CO. The van der Waals surface area contributed by atoms with E-state index in [-0.39, 0.29) is 32.3 Å². The zero-order chi connectivity index (χ0) is 34.2. The van der Waals surface area contributed by atoms with Crippen LogP contribution in [0.2, 0.25) is 0 Å². The Balaban J connectivity index is 2.05. The van der Waals surface area contributed by atoms with E-state index in [9.17, 15) is 19.8 Å². The predicted octanol–water partition coefficient (Wildman–Crippen LogP) is 7.45. The van der Waals surface area contributed by atoms with E-state index in [1.165, 1.54) is 16.7 Å². The van der Waals surface area contributed by atoms with Crippen molar-refractivity contribution in [3.8, 4) is 28.0 Å². The molecule has 0 aliphatic rings. The maximum Gasteiger partial charge on any atom is 0.333 e. The largest absolute Gasteiger partial charge is 0.493 e. The molecule has 2 N–H and O–H groups in total. The first kappa shape index (κ1) is 37.3. The highest BCUT2D eigenvalue weighted by atomic mass is 16.5. The summed E-state index contributed by atoms with van der Waals surface area (Å²) in [5.41, 5.74) is 8.45. The fourth-order valence-corrected chi connectivity index (χ4v) is 5.30. The Bertz CT molecular complexity index is 1430. The van der Waals surface area contributed by atoms with Gasteiger partial charge in [0.2, 0.25) is 0 Å². The second-order valence-electron chi connectivity index (χ2n) is 12.0. The number of esters is 2. The predicted molar refractivity (Wildman–Crippen MR) is 187 cm³/mol. The minimum absolute atomic E-state index is 0.125. The van der Waals surface area contributed by atoms with E-state index in [1.807, 2.05) is 18.2 Å². The van der Waals surface area contributed by atoms with Crippen molar-refractivity contribution in [2.24, 2.45) is 5.92 Å². The second-order valence-corrected chi connectivity index (χ2v) is 12.0. The molecule has 3 rings (SSSR count). The second kappa shape index (κ2) is 19.5. The average Bonchev–Trinajstić information content (AvgIpc) is 3.07. The third kappa shape index (κ3) is 11.5. The number of ether oxygens (including phenoxy) is 3. The summed E-state index contributed by atoms with van der Waals surface area (Å²) in [5.74, 6) is -0.369. The van der Waals surface area contributed by atoms with Gasteiger partial charge >= 0.3 is 11.9 Å². The molecule has 0 aliphatic heterocycles. The standard InChI is InChI=1S/C40H50O7/c1-6-12-33-23-32(31-13-8-7-9-14-31)17-18-37(33)36-24-34(15-10-20-46-39(43)28(2)3)38(45-22-19-30(26-41)27-42)35(25-36)16-11-21-47-40(44)29(4)5/h7-9,13-14,17-18,23-25,30,41-42H,2,4,6,10-12,15-16,19-22,26-27H2,1,3,5H3.